The van der Waals surface area contributed by atoms with Crippen molar-refractivity contribution in [2.24, 2.45) is 5.73 Å². The van der Waals surface area contributed by atoms with Gasteiger partial charge >= 0.3 is 0 Å². The smallest absolute Gasteiger partial charge is 0.251 e. The van der Waals surface area contributed by atoms with Gasteiger partial charge in [-0.05, 0) is 25.1 Å². The van der Waals surface area contributed by atoms with Crippen LogP contribution in [0.25, 0.3) is 0 Å². The maximum atomic E-state index is 13.6. The molecule has 0 aliphatic carbocycles. The number of amides is 1. The van der Waals surface area contributed by atoms with Gasteiger partial charge in [0.15, 0.2) is 0 Å². The molecule has 20 heavy (non-hydrogen) atoms. The van der Waals surface area contributed by atoms with Crippen LogP contribution in [-0.4, -0.2) is 10.5 Å². The summed E-state index contributed by atoms with van der Waals surface area (Å²) in [7, 11) is 0. The number of carbonyl (C=O) groups excluding carboxylic acids is 1. The van der Waals surface area contributed by atoms with Crippen molar-refractivity contribution in [1.29, 1.82) is 0 Å². The van der Waals surface area contributed by atoms with Crippen molar-refractivity contribution in [1.82, 2.24) is 4.57 Å². The quantitative estimate of drug-likeness (QED) is 0.883. The topological polar surface area (TPSA) is 60.1 Å². The van der Waals surface area contributed by atoms with Crippen LogP contribution in [0.5, 0.6) is 0 Å². The standard InChI is InChI=1S/C14H15F2N3O/c1-2-19-5-3-4-9(19)8-18-13-6-10(14(17)20)11(15)7-12(13)16/h3-7,18H,2,8H2,1H3,(H2,17,20). The molecule has 3 N–H and O–H groups in total. The third-order valence-electron chi connectivity index (χ3n) is 3.05. The number of nitrogens with two attached hydrogens (primary N) is 1. The summed E-state index contributed by atoms with van der Waals surface area (Å²) in [5.41, 5.74) is 5.70. The minimum atomic E-state index is -0.961. The third-order valence-corrected chi connectivity index (χ3v) is 3.05. The summed E-state index contributed by atoms with van der Waals surface area (Å²) in [5, 5.41) is 2.84. The van der Waals surface area contributed by atoms with Gasteiger partial charge in [-0.15, -0.1) is 0 Å². The minimum absolute atomic E-state index is 0.0454. The molecule has 0 unspecified atom stereocenters. The normalized spacial score (nSPS) is 10.6. The average Bonchev–Trinajstić information content (AvgIpc) is 2.84. The van der Waals surface area contributed by atoms with Crippen molar-refractivity contribution in [3.05, 3.63) is 53.4 Å². The second-order valence-electron chi connectivity index (χ2n) is 4.32. The molecule has 1 heterocycles. The van der Waals surface area contributed by atoms with E-state index >= 15 is 0 Å². The predicted octanol–water partition coefficient (Wildman–Crippen LogP) is 2.50. The number of hydrogen-bond acceptors (Lipinski definition) is 2. The second-order valence-corrected chi connectivity index (χ2v) is 4.32. The van der Waals surface area contributed by atoms with Crippen molar-refractivity contribution in [3.8, 4) is 0 Å². The number of aromatic nitrogens is 1. The van der Waals surface area contributed by atoms with E-state index in [1.165, 1.54) is 0 Å². The van der Waals surface area contributed by atoms with Gasteiger partial charge in [-0.3, -0.25) is 4.79 Å². The molecule has 1 amide bonds. The Morgan fingerprint density at radius 1 is 1.35 bits per heavy atom. The maximum absolute atomic E-state index is 13.6. The molecule has 0 radical (unpaired) electrons. The van der Waals surface area contributed by atoms with Crippen LogP contribution in [0.4, 0.5) is 14.5 Å². The molecule has 0 spiro atoms. The number of carbonyl (C=O) groups is 1. The Labute approximate surface area is 115 Å². The number of nitrogens with zero attached hydrogens (tertiary/aromatic N) is 1. The highest BCUT2D eigenvalue weighted by molar-refractivity contribution is 5.94. The molecule has 0 bridgehead atoms. The van der Waals surface area contributed by atoms with E-state index < -0.39 is 17.5 Å². The molecular formula is C14H15F2N3O. The molecule has 0 aliphatic rings. The van der Waals surface area contributed by atoms with Crippen LogP contribution in [0.3, 0.4) is 0 Å². The highest BCUT2D eigenvalue weighted by Gasteiger charge is 2.13. The lowest BCUT2D eigenvalue weighted by Gasteiger charge is -2.11. The van der Waals surface area contributed by atoms with E-state index in [1.54, 1.807) is 0 Å². The maximum Gasteiger partial charge on any atom is 0.251 e. The summed E-state index contributed by atoms with van der Waals surface area (Å²) in [6, 6.07) is 5.52. The Bertz CT molecular complexity index is 637. The first-order valence-corrected chi connectivity index (χ1v) is 6.19. The monoisotopic (exact) mass is 279 g/mol. The third kappa shape index (κ3) is 2.79. The zero-order chi connectivity index (χ0) is 14.7. The van der Waals surface area contributed by atoms with Gasteiger partial charge < -0.3 is 15.6 Å². The lowest BCUT2D eigenvalue weighted by atomic mass is 10.1. The van der Waals surface area contributed by atoms with Crippen LogP contribution in [-0.2, 0) is 13.1 Å². The molecule has 1 aromatic heterocycles. The number of nitrogens with one attached hydrogen (secondary N) is 1. The summed E-state index contributed by atoms with van der Waals surface area (Å²) < 4.78 is 29.0. The fourth-order valence-electron chi connectivity index (χ4n) is 1.98. The molecule has 0 aliphatic heterocycles. The zero-order valence-corrected chi connectivity index (χ0v) is 11.0. The average molecular weight is 279 g/mol. The van der Waals surface area contributed by atoms with E-state index in [-0.39, 0.29) is 11.3 Å². The minimum Gasteiger partial charge on any atom is -0.377 e. The Morgan fingerprint density at radius 3 is 2.75 bits per heavy atom. The zero-order valence-electron chi connectivity index (χ0n) is 11.0. The Morgan fingerprint density at radius 2 is 2.10 bits per heavy atom. The highest BCUT2D eigenvalue weighted by atomic mass is 19.1. The van der Waals surface area contributed by atoms with Gasteiger partial charge in [0, 0.05) is 24.5 Å². The first kappa shape index (κ1) is 14.0. The first-order chi connectivity index (χ1) is 9.52. The molecule has 2 aromatic rings. The molecule has 0 saturated carbocycles. The van der Waals surface area contributed by atoms with Crippen molar-refractivity contribution < 1.29 is 13.6 Å². The summed E-state index contributed by atoms with van der Waals surface area (Å²) in [4.78, 5) is 11.0. The van der Waals surface area contributed by atoms with E-state index in [4.69, 9.17) is 5.73 Å². The predicted molar refractivity (Wildman–Crippen MR) is 72.3 cm³/mol. The molecule has 0 saturated heterocycles. The molecular weight excluding hydrogens is 264 g/mol. The van der Waals surface area contributed by atoms with E-state index in [0.29, 0.717) is 12.6 Å². The lowest BCUT2D eigenvalue weighted by molar-refractivity contribution is 0.0996. The molecule has 0 fully saturated rings. The number of anilines is 1. The number of primary amides is 1. The van der Waals surface area contributed by atoms with Crippen molar-refractivity contribution in [3.63, 3.8) is 0 Å². The van der Waals surface area contributed by atoms with Crippen LogP contribution in [0.2, 0.25) is 0 Å². The Kier molecular flexibility index (Phi) is 4.02. The summed E-state index contributed by atoms with van der Waals surface area (Å²) in [6.07, 6.45) is 1.91. The lowest BCUT2D eigenvalue weighted by Crippen LogP contribution is -2.15. The molecule has 2 rings (SSSR count). The molecule has 4 nitrogen and oxygen atoms in total. The van der Waals surface area contributed by atoms with Crippen molar-refractivity contribution >= 4 is 11.6 Å². The number of hydrogen-bond donors (Lipinski definition) is 2. The summed E-state index contributed by atoms with van der Waals surface area (Å²) >= 11 is 0. The van der Waals surface area contributed by atoms with Crippen LogP contribution in [0.1, 0.15) is 23.0 Å². The van der Waals surface area contributed by atoms with Gasteiger partial charge in [0.2, 0.25) is 0 Å². The number of rotatable bonds is 5. The van der Waals surface area contributed by atoms with Gasteiger partial charge in [0.25, 0.3) is 5.91 Å². The number of benzene rings is 1. The number of aryl methyl sites for hydroxylation is 1. The Hall–Kier alpha value is -2.37. The van der Waals surface area contributed by atoms with Crippen LogP contribution < -0.4 is 11.1 Å². The van der Waals surface area contributed by atoms with E-state index in [0.717, 1.165) is 18.3 Å². The molecule has 0 atom stereocenters. The Balaban J connectivity index is 2.21. The van der Waals surface area contributed by atoms with Crippen LogP contribution in [0.15, 0.2) is 30.5 Å². The van der Waals surface area contributed by atoms with E-state index in [2.05, 4.69) is 5.32 Å². The SMILES string of the molecule is CCn1cccc1CNc1cc(C(N)=O)c(F)cc1F. The highest BCUT2D eigenvalue weighted by Crippen LogP contribution is 2.20. The van der Waals surface area contributed by atoms with Crippen molar-refractivity contribution in [2.45, 2.75) is 20.0 Å². The molecule has 6 heteroatoms. The molecule has 1 aromatic carbocycles. The van der Waals surface area contributed by atoms with Crippen LogP contribution >= 0.6 is 0 Å². The van der Waals surface area contributed by atoms with Gasteiger partial charge in [-0.1, -0.05) is 0 Å². The summed E-state index contributed by atoms with van der Waals surface area (Å²) in [5.74, 6) is -2.65. The van der Waals surface area contributed by atoms with Gasteiger partial charge in [0.1, 0.15) is 11.6 Å². The van der Waals surface area contributed by atoms with Gasteiger partial charge in [0.05, 0.1) is 17.8 Å². The van der Waals surface area contributed by atoms with Crippen molar-refractivity contribution in [2.75, 3.05) is 5.32 Å². The first-order valence-electron chi connectivity index (χ1n) is 6.19. The van der Waals surface area contributed by atoms with Crippen LogP contribution in [0, 0.1) is 11.6 Å². The van der Waals surface area contributed by atoms with Gasteiger partial charge in [-0.2, -0.15) is 0 Å². The second kappa shape index (κ2) is 5.73. The largest absolute Gasteiger partial charge is 0.377 e. The van der Waals surface area contributed by atoms with Gasteiger partial charge in [-0.25, -0.2) is 8.78 Å². The fraction of sp³-hybridized carbons (Fsp3) is 0.214. The fourth-order valence-corrected chi connectivity index (χ4v) is 1.98. The van der Waals surface area contributed by atoms with E-state index in [1.807, 2.05) is 29.8 Å². The van der Waals surface area contributed by atoms with E-state index in [9.17, 15) is 13.6 Å². The molecule has 106 valence electrons. The number of halogens is 2. The summed E-state index contributed by atoms with van der Waals surface area (Å²) in [6.45, 7) is 3.15.